The Hall–Kier alpha value is -0.570. The summed E-state index contributed by atoms with van der Waals surface area (Å²) in [6, 6.07) is 0. The van der Waals surface area contributed by atoms with E-state index in [1.54, 1.807) is 6.34 Å². The van der Waals surface area contributed by atoms with Crippen LogP contribution in [0.3, 0.4) is 0 Å². The molecule has 0 fully saturated rings. The van der Waals surface area contributed by atoms with Gasteiger partial charge in [-0.2, -0.15) is 0 Å². The Morgan fingerprint density at radius 3 is 2.33 bits per heavy atom. The molecule has 0 saturated carbocycles. The summed E-state index contributed by atoms with van der Waals surface area (Å²) in [5.74, 6) is 0. The molecule has 0 spiro atoms. The maximum Gasteiger partial charge on any atom is 0.0828 e. The highest BCUT2D eigenvalue weighted by atomic mass is 15.1. The van der Waals surface area contributed by atoms with Gasteiger partial charge in [0, 0.05) is 12.1 Å². The molecule has 3 heteroatoms. The molecule has 72 valence electrons. The van der Waals surface area contributed by atoms with Crippen LogP contribution in [-0.4, -0.2) is 44.0 Å². The van der Waals surface area contributed by atoms with Crippen molar-refractivity contribution in [3.63, 3.8) is 0 Å². The number of aliphatic imine (C=N–C) groups is 1. The molecular weight excluding hydrogens is 150 g/mol. The van der Waals surface area contributed by atoms with E-state index in [1.165, 1.54) is 0 Å². The van der Waals surface area contributed by atoms with Crippen LogP contribution >= 0.6 is 0 Å². The molecule has 0 rings (SSSR count). The van der Waals surface area contributed by atoms with Crippen LogP contribution in [0.4, 0.5) is 0 Å². The van der Waals surface area contributed by atoms with Crippen LogP contribution in [0, 0.1) is 0 Å². The van der Waals surface area contributed by atoms with Crippen LogP contribution in [-0.2, 0) is 0 Å². The van der Waals surface area contributed by atoms with E-state index < -0.39 is 0 Å². The minimum absolute atomic E-state index is 0.127. The van der Waals surface area contributed by atoms with Crippen molar-refractivity contribution in [1.82, 2.24) is 10.2 Å². The zero-order valence-corrected chi connectivity index (χ0v) is 8.89. The molecule has 0 aromatic rings. The van der Waals surface area contributed by atoms with Crippen LogP contribution < -0.4 is 5.32 Å². The molecule has 0 aromatic carbocycles. The average molecular weight is 171 g/mol. The SMILES string of the molecule is CN(C)CCN=CNC(C)(C)C. The van der Waals surface area contributed by atoms with Crippen molar-refractivity contribution in [1.29, 1.82) is 0 Å². The van der Waals surface area contributed by atoms with Gasteiger partial charge in [0.1, 0.15) is 0 Å². The minimum atomic E-state index is 0.127. The predicted octanol–water partition coefficient (Wildman–Crippen LogP) is 0.964. The van der Waals surface area contributed by atoms with E-state index in [9.17, 15) is 0 Å². The van der Waals surface area contributed by atoms with E-state index >= 15 is 0 Å². The summed E-state index contributed by atoms with van der Waals surface area (Å²) in [5, 5.41) is 3.19. The van der Waals surface area contributed by atoms with Crippen molar-refractivity contribution in [2.75, 3.05) is 27.2 Å². The molecule has 0 unspecified atom stereocenters. The Morgan fingerprint density at radius 2 is 1.92 bits per heavy atom. The van der Waals surface area contributed by atoms with Gasteiger partial charge in [-0.15, -0.1) is 0 Å². The lowest BCUT2D eigenvalue weighted by Gasteiger charge is -2.17. The number of likely N-dealkylation sites (N-methyl/N-ethyl adjacent to an activating group) is 1. The maximum atomic E-state index is 4.22. The van der Waals surface area contributed by atoms with Crippen molar-refractivity contribution >= 4 is 6.34 Å². The van der Waals surface area contributed by atoms with Crippen molar-refractivity contribution in [3.8, 4) is 0 Å². The molecule has 0 heterocycles. The summed E-state index contributed by atoms with van der Waals surface area (Å²) in [6.07, 6.45) is 1.80. The minimum Gasteiger partial charge on any atom is -0.372 e. The lowest BCUT2D eigenvalue weighted by Crippen LogP contribution is -2.34. The summed E-state index contributed by atoms with van der Waals surface area (Å²) in [5.41, 5.74) is 0.127. The fraction of sp³-hybridized carbons (Fsp3) is 0.889. The molecule has 0 aliphatic rings. The summed E-state index contributed by atoms with van der Waals surface area (Å²) in [6.45, 7) is 8.21. The van der Waals surface area contributed by atoms with Crippen LogP contribution in [0.1, 0.15) is 20.8 Å². The largest absolute Gasteiger partial charge is 0.372 e. The van der Waals surface area contributed by atoms with Crippen molar-refractivity contribution in [3.05, 3.63) is 0 Å². The van der Waals surface area contributed by atoms with Gasteiger partial charge in [-0.1, -0.05) is 0 Å². The molecule has 0 radical (unpaired) electrons. The van der Waals surface area contributed by atoms with Crippen LogP contribution in [0.2, 0.25) is 0 Å². The fourth-order valence-electron chi connectivity index (χ4n) is 0.562. The van der Waals surface area contributed by atoms with E-state index in [0.717, 1.165) is 13.1 Å². The molecule has 0 amide bonds. The Balaban J connectivity index is 3.38. The van der Waals surface area contributed by atoms with Gasteiger partial charge in [-0.25, -0.2) is 0 Å². The third-order valence-electron chi connectivity index (χ3n) is 1.27. The predicted molar refractivity (Wildman–Crippen MR) is 54.8 cm³/mol. The van der Waals surface area contributed by atoms with E-state index in [2.05, 4.69) is 36.0 Å². The molecule has 0 aromatic heterocycles. The Kier molecular flexibility index (Phi) is 4.90. The number of hydrogen-bond acceptors (Lipinski definition) is 2. The lowest BCUT2D eigenvalue weighted by molar-refractivity contribution is 0.420. The smallest absolute Gasteiger partial charge is 0.0828 e. The van der Waals surface area contributed by atoms with Gasteiger partial charge in [0.15, 0.2) is 0 Å². The molecule has 0 saturated heterocycles. The molecule has 1 N–H and O–H groups in total. The van der Waals surface area contributed by atoms with Gasteiger partial charge < -0.3 is 10.2 Å². The quantitative estimate of drug-likeness (QED) is 0.504. The Bertz CT molecular complexity index is 133. The maximum absolute atomic E-state index is 4.22. The van der Waals surface area contributed by atoms with Gasteiger partial charge in [-0.05, 0) is 34.9 Å². The second kappa shape index (κ2) is 5.14. The first-order valence-electron chi connectivity index (χ1n) is 4.32. The zero-order chi connectivity index (χ0) is 9.61. The monoisotopic (exact) mass is 171 g/mol. The molecule has 0 aliphatic heterocycles. The Morgan fingerprint density at radius 1 is 1.33 bits per heavy atom. The number of hydrogen-bond donors (Lipinski definition) is 1. The van der Waals surface area contributed by atoms with Crippen molar-refractivity contribution < 1.29 is 0 Å². The second-order valence-corrected chi connectivity index (χ2v) is 4.23. The lowest BCUT2D eigenvalue weighted by atomic mass is 10.1. The first-order valence-corrected chi connectivity index (χ1v) is 4.32. The average Bonchev–Trinajstić information content (AvgIpc) is 1.83. The van der Waals surface area contributed by atoms with Gasteiger partial charge in [-0.3, -0.25) is 4.99 Å². The number of rotatable bonds is 4. The van der Waals surface area contributed by atoms with E-state index in [-0.39, 0.29) is 5.54 Å². The molecule has 0 aliphatic carbocycles. The molecule has 3 nitrogen and oxygen atoms in total. The molecule has 0 bridgehead atoms. The molecular formula is C9H21N3. The van der Waals surface area contributed by atoms with Gasteiger partial charge >= 0.3 is 0 Å². The first kappa shape index (κ1) is 11.4. The molecule has 12 heavy (non-hydrogen) atoms. The summed E-state index contributed by atoms with van der Waals surface area (Å²) in [7, 11) is 4.10. The standard InChI is InChI=1S/C9H21N3/c1-9(2,3)11-8-10-6-7-12(4)5/h8H,6-7H2,1-5H3,(H,10,11). The van der Waals surface area contributed by atoms with Crippen molar-refractivity contribution in [2.24, 2.45) is 4.99 Å². The van der Waals surface area contributed by atoms with Gasteiger partial charge in [0.05, 0.1) is 12.9 Å². The first-order chi connectivity index (χ1) is 5.42. The van der Waals surface area contributed by atoms with Crippen molar-refractivity contribution in [2.45, 2.75) is 26.3 Å². The zero-order valence-electron chi connectivity index (χ0n) is 8.89. The fourth-order valence-corrected chi connectivity index (χ4v) is 0.562. The molecule has 0 atom stereocenters. The van der Waals surface area contributed by atoms with E-state index in [1.807, 2.05) is 14.1 Å². The van der Waals surface area contributed by atoms with Crippen LogP contribution in [0.15, 0.2) is 4.99 Å². The van der Waals surface area contributed by atoms with Crippen LogP contribution in [0.25, 0.3) is 0 Å². The van der Waals surface area contributed by atoms with Crippen LogP contribution in [0.5, 0.6) is 0 Å². The summed E-state index contributed by atoms with van der Waals surface area (Å²) in [4.78, 5) is 6.34. The third kappa shape index (κ3) is 9.43. The number of nitrogens with zero attached hydrogens (tertiary/aromatic N) is 2. The highest BCUT2D eigenvalue weighted by Gasteiger charge is 2.04. The van der Waals surface area contributed by atoms with Gasteiger partial charge in [0.2, 0.25) is 0 Å². The Labute approximate surface area is 75.9 Å². The topological polar surface area (TPSA) is 27.6 Å². The highest BCUT2D eigenvalue weighted by Crippen LogP contribution is 1.95. The normalized spacial score (nSPS) is 12.8. The number of nitrogens with one attached hydrogen (secondary N) is 1. The second-order valence-electron chi connectivity index (χ2n) is 4.23. The van der Waals surface area contributed by atoms with E-state index in [4.69, 9.17) is 0 Å². The highest BCUT2D eigenvalue weighted by molar-refractivity contribution is 5.55. The van der Waals surface area contributed by atoms with Gasteiger partial charge in [0.25, 0.3) is 0 Å². The third-order valence-corrected chi connectivity index (χ3v) is 1.27. The van der Waals surface area contributed by atoms with E-state index in [0.29, 0.717) is 0 Å². The summed E-state index contributed by atoms with van der Waals surface area (Å²) >= 11 is 0. The summed E-state index contributed by atoms with van der Waals surface area (Å²) < 4.78 is 0.